The summed E-state index contributed by atoms with van der Waals surface area (Å²) in [5.41, 5.74) is 6.06. The maximum atomic E-state index is 12.4. The van der Waals surface area contributed by atoms with Gasteiger partial charge in [-0.2, -0.15) is 5.10 Å². The Morgan fingerprint density at radius 2 is 1.83 bits per heavy atom. The van der Waals surface area contributed by atoms with Gasteiger partial charge in [0.1, 0.15) is 0 Å². The van der Waals surface area contributed by atoms with E-state index in [1.807, 2.05) is 47.3 Å². The molecule has 0 saturated heterocycles. The van der Waals surface area contributed by atoms with Crippen LogP contribution in [-0.2, 0) is 17.6 Å². The molecule has 152 valence electrons. The molecule has 2 heterocycles. The van der Waals surface area contributed by atoms with Crippen molar-refractivity contribution in [2.24, 2.45) is 0 Å². The molecule has 0 spiro atoms. The average Bonchev–Trinajstić information content (AvgIpc) is 3.30. The lowest BCUT2D eigenvalue weighted by molar-refractivity contribution is -0.115. The fourth-order valence-corrected chi connectivity index (χ4v) is 4.38. The summed E-state index contributed by atoms with van der Waals surface area (Å²) in [6.07, 6.45) is 1.06. The Bertz CT molecular complexity index is 1170. The summed E-state index contributed by atoms with van der Waals surface area (Å²) in [6.45, 7) is 4.10. The van der Waals surface area contributed by atoms with Gasteiger partial charge in [0.25, 0.3) is 0 Å². The fraction of sp³-hybridized carbons (Fsp3) is 0.174. The van der Waals surface area contributed by atoms with Crippen molar-refractivity contribution in [2.45, 2.75) is 26.7 Å². The van der Waals surface area contributed by atoms with Crippen molar-refractivity contribution >= 4 is 38.9 Å². The molecule has 5 nitrogen and oxygen atoms in total. The van der Waals surface area contributed by atoms with Crippen LogP contribution in [0.3, 0.4) is 0 Å². The van der Waals surface area contributed by atoms with Gasteiger partial charge in [0.2, 0.25) is 11.0 Å². The minimum Gasteiger partial charge on any atom is -0.326 e. The highest BCUT2D eigenvalue weighted by molar-refractivity contribution is 9.10. The number of aromatic nitrogens is 3. The van der Waals surface area contributed by atoms with Gasteiger partial charge in [-0.25, -0.2) is 9.67 Å². The largest absolute Gasteiger partial charge is 0.326 e. The number of amides is 1. The van der Waals surface area contributed by atoms with E-state index in [4.69, 9.17) is 5.10 Å². The summed E-state index contributed by atoms with van der Waals surface area (Å²) in [6, 6.07) is 17.9. The number of hydrogen-bond acceptors (Lipinski definition) is 4. The van der Waals surface area contributed by atoms with E-state index in [2.05, 4.69) is 57.4 Å². The molecule has 2 aromatic carbocycles. The third-order valence-electron chi connectivity index (χ3n) is 4.86. The standard InChI is InChI=1S/C23H21BrN4OS/c1-15-21(12-17-6-4-3-5-7-17)16(2)28(27-15)23-26-20(14-30-23)13-22(29)25-19-10-8-18(24)9-11-19/h3-11,14H,12-13H2,1-2H3,(H,25,29). The van der Waals surface area contributed by atoms with Crippen LogP contribution in [0.25, 0.3) is 5.13 Å². The monoisotopic (exact) mass is 480 g/mol. The summed E-state index contributed by atoms with van der Waals surface area (Å²) in [4.78, 5) is 17.0. The van der Waals surface area contributed by atoms with Gasteiger partial charge < -0.3 is 5.32 Å². The number of aryl methyl sites for hydroxylation is 1. The van der Waals surface area contributed by atoms with Gasteiger partial charge in [-0.05, 0) is 43.7 Å². The molecule has 0 unspecified atom stereocenters. The Morgan fingerprint density at radius 1 is 1.10 bits per heavy atom. The van der Waals surface area contributed by atoms with Gasteiger partial charge in [0.15, 0.2) is 0 Å². The van der Waals surface area contributed by atoms with E-state index in [0.717, 1.165) is 38.8 Å². The maximum Gasteiger partial charge on any atom is 0.230 e. The number of nitrogens with zero attached hydrogens (tertiary/aromatic N) is 3. The first-order valence-corrected chi connectivity index (χ1v) is 11.3. The van der Waals surface area contributed by atoms with Crippen LogP contribution < -0.4 is 5.32 Å². The van der Waals surface area contributed by atoms with E-state index in [1.165, 1.54) is 22.5 Å². The van der Waals surface area contributed by atoms with E-state index in [0.29, 0.717) is 0 Å². The second kappa shape index (κ2) is 8.93. The summed E-state index contributed by atoms with van der Waals surface area (Å²) in [7, 11) is 0. The van der Waals surface area contributed by atoms with Crippen molar-refractivity contribution in [3.8, 4) is 5.13 Å². The quantitative estimate of drug-likeness (QED) is 0.397. The number of nitrogens with one attached hydrogen (secondary N) is 1. The maximum absolute atomic E-state index is 12.4. The number of benzene rings is 2. The lowest BCUT2D eigenvalue weighted by Crippen LogP contribution is -2.14. The van der Waals surface area contributed by atoms with Crippen LogP contribution in [0, 0.1) is 13.8 Å². The summed E-state index contributed by atoms with van der Waals surface area (Å²) < 4.78 is 2.86. The number of hydrogen-bond donors (Lipinski definition) is 1. The molecule has 2 aromatic heterocycles. The van der Waals surface area contributed by atoms with Crippen LogP contribution in [0.4, 0.5) is 5.69 Å². The third-order valence-corrected chi connectivity index (χ3v) is 6.25. The van der Waals surface area contributed by atoms with Crippen molar-refractivity contribution in [3.63, 3.8) is 0 Å². The second-order valence-corrected chi connectivity index (χ2v) is 8.83. The van der Waals surface area contributed by atoms with Gasteiger partial charge in [-0.3, -0.25) is 4.79 Å². The molecule has 30 heavy (non-hydrogen) atoms. The lowest BCUT2D eigenvalue weighted by atomic mass is 10.0. The van der Waals surface area contributed by atoms with Crippen molar-refractivity contribution in [3.05, 3.63) is 92.7 Å². The van der Waals surface area contributed by atoms with Crippen LogP contribution >= 0.6 is 27.3 Å². The first-order chi connectivity index (χ1) is 14.5. The molecular formula is C23H21BrN4OS. The van der Waals surface area contributed by atoms with Gasteiger partial charge in [0.05, 0.1) is 17.8 Å². The van der Waals surface area contributed by atoms with E-state index in [9.17, 15) is 4.79 Å². The molecule has 4 rings (SSSR count). The Labute approximate surface area is 187 Å². The highest BCUT2D eigenvalue weighted by atomic mass is 79.9. The molecule has 0 saturated carbocycles. The highest BCUT2D eigenvalue weighted by Gasteiger charge is 2.16. The molecule has 0 atom stereocenters. The Balaban J connectivity index is 1.48. The molecule has 0 aliphatic carbocycles. The van der Waals surface area contributed by atoms with Gasteiger partial charge in [0, 0.05) is 33.2 Å². The number of anilines is 1. The zero-order valence-electron chi connectivity index (χ0n) is 16.7. The molecule has 0 bridgehead atoms. The Hall–Kier alpha value is -2.77. The molecule has 4 aromatic rings. The molecular weight excluding hydrogens is 460 g/mol. The number of halogens is 1. The highest BCUT2D eigenvalue weighted by Crippen LogP contribution is 2.23. The topological polar surface area (TPSA) is 59.8 Å². The molecule has 0 fully saturated rings. The SMILES string of the molecule is Cc1nn(-c2nc(CC(=O)Nc3ccc(Br)cc3)cs2)c(C)c1Cc1ccccc1. The number of thiazole rings is 1. The van der Waals surface area contributed by atoms with Crippen LogP contribution in [0.1, 0.15) is 28.2 Å². The zero-order chi connectivity index (χ0) is 21.1. The van der Waals surface area contributed by atoms with Crippen LogP contribution in [0.5, 0.6) is 0 Å². The smallest absolute Gasteiger partial charge is 0.230 e. The third kappa shape index (κ3) is 4.68. The molecule has 0 aliphatic rings. The molecule has 0 radical (unpaired) electrons. The van der Waals surface area contributed by atoms with Crippen molar-refractivity contribution < 1.29 is 4.79 Å². The summed E-state index contributed by atoms with van der Waals surface area (Å²) in [5.74, 6) is -0.0905. The van der Waals surface area contributed by atoms with E-state index >= 15 is 0 Å². The van der Waals surface area contributed by atoms with Crippen LogP contribution in [0.15, 0.2) is 64.5 Å². The average molecular weight is 481 g/mol. The molecule has 7 heteroatoms. The van der Waals surface area contributed by atoms with Gasteiger partial charge in [-0.15, -0.1) is 11.3 Å². The van der Waals surface area contributed by atoms with Crippen molar-refractivity contribution in [2.75, 3.05) is 5.32 Å². The molecule has 0 aliphatic heterocycles. The normalized spacial score (nSPS) is 10.9. The zero-order valence-corrected chi connectivity index (χ0v) is 19.1. The van der Waals surface area contributed by atoms with Crippen LogP contribution in [0.2, 0.25) is 0 Å². The second-order valence-electron chi connectivity index (χ2n) is 7.08. The Morgan fingerprint density at radius 3 is 2.57 bits per heavy atom. The van der Waals surface area contributed by atoms with Crippen LogP contribution in [-0.4, -0.2) is 20.7 Å². The first kappa shape index (κ1) is 20.5. The van der Waals surface area contributed by atoms with Crippen molar-refractivity contribution in [1.82, 2.24) is 14.8 Å². The first-order valence-electron chi connectivity index (χ1n) is 9.59. The van der Waals surface area contributed by atoms with E-state index in [1.54, 1.807) is 0 Å². The number of carbonyl (C=O) groups is 1. The summed E-state index contributed by atoms with van der Waals surface area (Å²) in [5, 5.41) is 10.3. The summed E-state index contributed by atoms with van der Waals surface area (Å²) >= 11 is 4.89. The molecule has 1 N–H and O–H groups in total. The predicted molar refractivity (Wildman–Crippen MR) is 124 cm³/mol. The lowest BCUT2D eigenvalue weighted by Gasteiger charge is -2.04. The molecule has 1 amide bonds. The van der Waals surface area contributed by atoms with Gasteiger partial charge >= 0.3 is 0 Å². The minimum absolute atomic E-state index is 0.0905. The number of carbonyl (C=O) groups excluding carboxylic acids is 1. The fourth-order valence-electron chi connectivity index (χ4n) is 3.29. The van der Waals surface area contributed by atoms with Gasteiger partial charge in [-0.1, -0.05) is 46.3 Å². The van der Waals surface area contributed by atoms with Crippen molar-refractivity contribution in [1.29, 1.82) is 0 Å². The van der Waals surface area contributed by atoms with E-state index < -0.39 is 0 Å². The predicted octanol–water partition coefficient (Wildman–Crippen LogP) is 5.48. The van der Waals surface area contributed by atoms with E-state index in [-0.39, 0.29) is 12.3 Å². The number of rotatable bonds is 6. The Kier molecular flexibility index (Phi) is 6.11. The minimum atomic E-state index is -0.0905.